The maximum atomic E-state index is 4.73. The minimum atomic E-state index is 0.579. The van der Waals surface area contributed by atoms with Crippen molar-refractivity contribution in [1.29, 1.82) is 0 Å². The van der Waals surface area contributed by atoms with E-state index in [9.17, 15) is 0 Å². The average Bonchev–Trinajstić information content (AvgIpc) is 2.70. The number of aryl methyl sites for hydroxylation is 1. The molecule has 0 radical (unpaired) electrons. The van der Waals surface area contributed by atoms with Gasteiger partial charge in [-0.1, -0.05) is 27.2 Å². The van der Waals surface area contributed by atoms with Gasteiger partial charge in [0.05, 0.1) is 5.69 Å². The molecule has 0 saturated carbocycles. The molecule has 0 amide bonds. The van der Waals surface area contributed by atoms with Gasteiger partial charge in [0.2, 0.25) is 0 Å². The van der Waals surface area contributed by atoms with E-state index in [1.165, 1.54) is 49.3 Å². The molecule has 1 aliphatic carbocycles. The van der Waals surface area contributed by atoms with Crippen LogP contribution in [-0.4, -0.2) is 9.97 Å². The summed E-state index contributed by atoms with van der Waals surface area (Å²) in [6, 6.07) is 0. The number of fused-ring (bicyclic) bond motifs is 1. The summed E-state index contributed by atoms with van der Waals surface area (Å²) in [7, 11) is 0. The molecule has 2 unspecified atom stereocenters. The Balaban J connectivity index is 2.18. The van der Waals surface area contributed by atoms with Gasteiger partial charge in [0.25, 0.3) is 0 Å². The van der Waals surface area contributed by atoms with Crippen molar-refractivity contribution in [3.63, 3.8) is 0 Å². The normalized spacial score (nSPS) is 22.5. The van der Waals surface area contributed by atoms with Crippen molar-refractivity contribution >= 4 is 0 Å². The summed E-state index contributed by atoms with van der Waals surface area (Å²) in [5.41, 5.74) is 2.76. The van der Waals surface area contributed by atoms with Gasteiger partial charge in [-0.05, 0) is 31.6 Å². The molecule has 84 valence electrons. The predicted molar refractivity (Wildman–Crippen MR) is 63.1 cm³/mol. The largest absolute Gasteiger partial charge is 0.345 e. The standard InChI is InChI=1S/C13H22N2/c1-4-9(3)13-14-11-7-6-10(5-2)8-12(11)15-13/h9-10H,4-8H2,1-3H3,(H,14,15). The fourth-order valence-electron chi connectivity index (χ4n) is 2.35. The summed E-state index contributed by atoms with van der Waals surface area (Å²) in [4.78, 5) is 8.27. The molecule has 2 heteroatoms. The van der Waals surface area contributed by atoms with E-state index in [-0.39, 0.29) is 0 Å². The van der Waals surface area contributed by atoms with Gasteiger partial charge in [-0.15, -0.1) is 0 Å². The molecule has 2 rings (SSSR count). The minimum Gasteiger partial charge on any atom is -0.345 e. The minimum absolute atomic E-state index is 0.579. The van der Waals surface area contributed by atoms with Crippen molar-refractivity contribution in [2.75, 3.05) is 0 Å². The Bertz CT molecular complexity index is 327. The lowest BCUT2D eigenvalue weighted by Crippen LogP contribution is -2.12. The van der Waals surface area contributed by atoms with E-state index in [1.54, 1.807) is 0 Å². The topological polar surface area (TPSA) is 28.7 Å². The number of nitrogens with zero attached hydrogens (tertiary/aromatic N) is 1. The molecule has 0 spiro atoms. The maximum absolute atomic E-state index is 4.73. The predicted octanol–water partition coefficient (Wildman–Crippen LogP) is 3.44. The Morgan fingerprint density at radius 3 is 2.93 bits per heavy atom. The summed E-state index contributed by atoms with van der Waals surface area (Å²) in [6.07, 6.45) is 6.20. The Hall–Kier alpha value is -0.790. The second-order valence-electron chi connectivity index (χ2n) is 4.87. The highest BCUT2D eigenvalue weighted by Crippen LogP contribution is 2.27. The van der Waals surface area contributed by atoms with Crippen LogP contribution in [0.5, 0.6) is 0 Å². The Morgan fingerprint density at radius 1 is 1.47 bits per heavy atom. The van der Waals surface area contributed by atoms with Gasteiger partial charge in [-0.3, -0.25) is 0 Å². The van der Waals surface area contributed by atoms with Gasteiger partial charge >= 0.3 is 0 Å². The molecule has 1 aromatic rings. The first kappa shape index (κ1) is 10.7. The fraction of sp³-hybridized carbons (Fsp3) is 0.769. The molecular formula is C13H22N2. The fourth-order valence-corrected chi connectivity index (χ4v) is 2.35. The molecule has 2 nitrogen and oxygen atoms in total. The smallest absolute Gasteiger partial charge is 0.109 e. The van der Waals surface area contributed by atoms with Crippen molar-refractivity contribution < 1.29 is 0 Å². The van der Waals surface area contributed by atoms with E-state index < -0.39 is 0 Å². The van der Waals surface area contributed by atoms with Gasteiger partial charge in [0.1, 0.15) is 5.82 Å². The van der Waals surface area contributed by atoms with E-state index >= 15 is 0 Å². The number of hydrogen-bond acceptors (Lipinski definition) is 1. The molecule has 0 aromatic carbocycles. The molecule has 0 bridgehead atoms. The van der Waals surface area contributed by atoms with Crippen molar-refractivity contribution in [3.05, 3.63) is 17.2 Å². The van der Waals surface area contributed by atoms with E-state index in [0.29, 0.717) is 5.92 Å². The van der Waals surface area contributed by atoms with Crippen LogP contribution in [0.25, 0.3) is 0 Å². The molecule has 1 aromatic heterocycles. The molecular weight excluding hydrogens is 184 g/mol. The number of hydrogen-bond donors (Lipinski definition) is 1. The Morgan fingerprint density at radius 2 is 2.27 bits per heavy atom. The number of imidazole rings is 1. The van der Waals surface area contributed by atoms with Crippen LogP contribution in [0.3, 0.4) is 0 Å². The number of rotatable bonds is 3. The molecule has 2 atom stereocenters. The van der Waals surface area contributed by atoms with E-state index in [4.69, 9.17) is 4.98 Å². The Kier molecular flexibility index (Phi) is 3.13. The zero-order chi connectivity index (χ0) is 10.8. The van der Waals surface area contributed by atoms with Gasteiger partial charge in [0.15, 0.2) is 0 Å². The second kappa shape index (κ2) is 4.38. The van der Waals surface area contributed by atoms with Crippen LogP contribution < -0.4 is 0 Å². The molecule has 15 heavy (non-hydrogen) atoms. The van der Waals surface area contributed by atoms with Gasteiger partial charge < -0.3 is 4.98 Å². The van der Waals surface area contributed by atoms with Crippen LogP contribution in [0, 0.1) is 5.92 Å². The van der Waals surface area contributed by atoms with Crippen molar-refractivity contribution in [2.24, 2.45) is 5.92 Å². The number of aromatic amines is 1. The average molecular weight is 206 g/mol. The van der Waals surface area contributed by atoms with Crippen LogP contribution in [0.2, 0.25) is 0 Å². The van der Waals surface area contributed by atoms with E-state index in [2.05, 4.69) is 25.8 Å². The Labute approximate surface area is 92.5 Å². The summed E-state index contributed by atoms with van der Waals surface area (Å²) in [5, 5.41) is 0. The molecule has 1 N–H and O–H groups in total. The quantitative estimate of drug-likeness (QED) is 0.806. The molecule has 1 heterocycles. The van der Waals surface area contributed by atoms with Crippen molar-refractivity contribution in [1.82, 2.24) is 9.97 Å². The second-order valence-corrected chi connectivity index (χ2v) is 4.87. The van der Waals surface area contributed by atoms with Crippen LogP contribution in [0.15, 0.2) is 0 Å². The van der Waals surface area contributed by atoms with Crippen molar-refractivity contribution in [2.45, 2.75) is 58.8 Å². The van der Waals surface area contributed by atoms with Crippen molar-refractivity contribution in [3.8, 4) is 0 Å². The first-order chi connectivity index (χ1) is 7.24. The van der Waals surface area contributed by atoms with Gasteiger partial charge in [-0.2, -0.15) is 0 Å². The van der Waals surface area contributed by atoms with Crippen LogP contribution in [0.1, 0.15) is 63.2 Å². The van der Waals surface area contributed by atoms with Crippen LogP contribution in [-0.2, 0) is 12.8 Å². The highest BCUT2D eigenvalue weighted by molar-refractivity contribution is 5.20. The molecule has 1 aliphatic rings. The molecule has 0 saturated heterocycles. The van der Waals surface area contributed by atoms with E-state index in [1.807, 2.05) is 0 Å². The van der Waals surface area contributed by atoms with Crippen LogP contribution in [0.4, 0.5) is 0 Å². The van der Waals surface area contributed by atoms with Crippen LogP contribution >= 0.6 is 0 Å². The van der Waals surface area contributed by atoms with Gasteiger partial charge in [-0.25, -0.2) is 4.98 Å². The molecule has 0 aliphatic heterocycles. The number of aromatic nitrogens is 2. The third-order valence-corrected chi connectivity index (χ3v) is 3.82. The third-order valence-electron chi connectivity index (χ3n) is 3.82. The lowest BCUT2D eigenvalue weighted by Gasteiger charge is -2.19. The first-order valence-electron chi connectivity index (χ1n) is 6.32. The molecule has 0 fully saturated rings. The zero-order valence-corrected chi connectivity index (χ0v) is 10.1. The summed E-state index contributed by atoms with van der Waals surface area (Å²) < 4.78 is 0. The SMILES string of the molecule is CCC1CCc2nc(C(C)CC)[nH]c2C1. The summed E-state index contributed by atoms with van der Waals surface area (Å²) in [6.45, 7) is 6.77. The lowest BCUT2D eigenvalue weighted by atomic mass is 9.88. The zero-order valence-electron chi connectivity index (χ0n) is 10.1. The first-order valence-corrected chi connectivity index (χ1v) is 6.32. The summed E-state index contributed by atoms with van der Waals surface area (Å²) in [5.74, 6) is 2.66. The highest BCUT2D eigenvalue weighted by Gasteiger charge is 2.21. The van der Waals surface area contributed by atoms with E-state index in [0.717, 1.165) is 5.92 Å². The number of nitrogens with one attached hydrogen (secondary N) is 1. The number of H-pyrrole nitrogens is 1. The van der Waals surface area contributed by atoms with Gasteiger partial charge in [0, 0.05) is 11.6 Å². The maximum Gasteiger partial charge on any atom is 0.109 e. The monoisotopic (exact) mass is 206 g/mol. The summed E-state index contributed by atoms with van der Waals surface area (Å²) >= 11 is 0. The lowest BCUT2D eigenvalue weighted by molar-refractivity contribution is 0.438. The highest BCUT2D eigenvalue weighted by atomic mass is 14.9. The third kappa shape index (κ3) is 2.09.